The predicted octanol–water partition coefficient (Wildman–Crippen LogP) is 3.05. The zero-order valence-electron chi connectivity index (χ0n) is 11.9. The van der Waals surface area contributed by atoms with Gasteiger partial charge in [0.25, 0.3) is 5.95 Å². The maximum Gasteiger partial charge on any atom is 0.260 e. The van der Waals surface area contributed by atoms with Crippen LogP contribution in [0.15, 0.2) is 22.7 Å². The summed E-state index contributed by atoms with van der Waals surface area (Å²) >= 11 is 0. The molecule has 4 rings (SSSR count). The molecule has 2 aliphatic rings. The lowest BCUT2D eigenvalue weighted by atomic mass is 9.96. The first kappa shape index (κ1) is 11.9. The van der Waals surface area contributed by atoms with Gasteiger partial charge in [-0.15, -0.1) is 0 Å². The molecule has 1 fully saturated rings. The van der Waals surface area contributed by atoms with Crippen molar-refractivity contribution in [3.8, 4) is 0 Å². The summed E-state index contributed by atoms with van der Waals surface area (Å²) in [6.45, 7) is 4.55. The van der Waals surface area contributed by atoms with Gasteiger partial charge < -0.3 is 10.3 Å². The highest BCUT2D eigenvalue weighted by Gasteiger charge is 2.62. The number of aryl methyl sites for hydroxylation is 1. The maximum absolute atomic E-state index is 5.59. The Hall–Kier alpha value is -1.84. The predicted molar refractivity (Wildman–Crippen MR) is 76.4 cm³/mol. The lowest BCUT2D eigenvalue weighted by molar-refractivity contribution is 0.368. The van der Waals surface area contributed by atoms with Gasteiger partial charge in [-0.3, -0.25) is 0 Å². The van der Waals surface area contributed by atoms with E-state index in [1.807, 2.05) is 0 Å². The molecule has 0 unspecified atom stereocenters. The molecule has 4 heteroatoms. The number of fused-ring (bicyclic) bond motifs is 1. The Labute approximate surface area is 118 Å². The van der Waals surface area contributed by atoms with E-state index in [2.05, 4.69) is 42.2 Å². The van der Waals surface area contributed by atoms with Crippen LogP contribution in [-0.4, -0.2) is 10.1 Å². The Morgan fingerprint density at radius 3 is 2.85 bits per heavy atom. The van der Waals surface area contributed by atoms with Crippen LogP contribution < -0.4 is 5.73 Å². The zero-order valence-corrected chi connectivity index (χ0v) is 11.9. The van der Waals surface area contributed by atoms with Gasteiger partial charge >= 0.3 is 0 Å². The Kier molecular flexibility index (Phi) is 2.29. The molecule has 1 saturated carbocycles. The number of benzene rings is 1. The van der Waals surface area contributed by atoms with E-state index in [0.717, 1.165) is 0 Å². The van der Waals surface area contributed by atoms with E-state index in [0.29, 0.717) is 17.7 Å². The van der Waals surface area contributed by atoms with E-state index in [-0.39, 0.29) is 11.4 Å². The van der Waals surface area contributed by atoms with Gasteiger partial charge in [0.05, 0.1) is 5.92 Å². The summed E-state index contributed by atoms with van der Waals surface area (Å²) in [7, 11) is 0. The number of nitrogen functional groups attached to an aromatic ring is 1. The number of nitrogens with zero attached hydrogens (tertiary/aromatic N) is 2. The van der Waals surface area contributed by atoms with Gasteiger partial charge in [-0.05, 0) is 46.5 Å². The van der Waals surface area contributed by atoms with Crippen molar-refractivity contribution >= 4 is 5.95 Å². The highest BCUT2D eigenvalue weighted by atomic mass is 16.5. The third-order valence-electron chi connectivity index (χ3n) is 5.07. The van der Waals surface area contributed by atoms with Crippen LogP contribution in [0.5, 0.6) is 0 Å². The van der Waals surface area contributed by atoms with Crippen molar-refractivity contribution < 1.29 is 4.52 Å². The molecule has 0 bridgehead atoms. The minimum atomic E-state index is 0.163. The highest BCUT2D eigenvalue weighted by Crippen LogP contribution is 2.70. The first-order chi connectivity index (χ1) is 9.59. The molecular weight excluding hydrogens is 250 g/mol. The van der Waals surface area contributed by atoms with Gasteiger partial charge in [0.1, 0.15) is 0 Å². The third-order valence-corrected chi connectivity index (χ3v) is 5.07. The molecule has 0 spiro atoms. The lowest BCUT2D eigenvalue weighted by Crippen LogP contribution is -1.95. The van der Waals surface area contributed by atoms with Gasteiger partial charge in [0.2, 0.25) is 5.89 Å². The number of anilines is 1. The van der Waals surface area contributed by atoms with Crippen LogP contribution in [0.3, 0.4) is 0 Å². The number of nitrogens with two attached hydrogens (primary N) is 1. The molecule has 0 aliphatic heterocycles. The van der Waals surface area contributed by atoms with Crippen molar-refractivity contribution in [2.75, 3.05) is 5.73 Å². The van der Waals surface area contributed by atoms with Crippen molar-refractivity contribution in [3.05, 3.63) is 40.8 Å². The summed E-state index contributed by atoms with van der Waals surface area (Å²) in [5, 5.41) is 3.74. The first-order valence-electron chi connectivity index (χ1n) is 7.29. The second kappa shape index (κ2) is 3.84. The van der Waals surface area contributed by atoms with E-state index >= 15 is 0 Å². The fourth-order valence-electron chi connectivity index (χ4n) is 3.99. The molecule has 4 nitrogen and oxygen atoms in total. The third kappa shape index (κ3) is 1.54. The molecule has 104 valence electrons. The highest BCUT2D eigenvalue weighted by molar-refractivity contribution is 5.47. The molecule has 20 heavy (non-hydrogen) atoms. The topological polar surface area (TPSA) is 64.9 Å². The Balaban J connectivity index is 1.75. The van der Waals surface area contributed by atoms with E-state index in [4.69, 9.17) is 10.3 Å². The standard InChI is InChI=1S/C16H19N3O/c1-16(2)12(13(16)14-18-15(17)19-20-14)11-8-4-6-9-5-3-7-10(9)11/h4,6,8,12-13H,3,5,7H2,1-2H3,(H2,17,19)/t12-,13+/m1/s1. The number of rotatable bonds is 2. The number of aromatic nitrogens is 2. The summed E-state index contributed by atoms with van der Waals surface area (Å²) in [5.74, 6) is 1.68. The fraction of sp³-hybridized carbons (Fsp3) is 0.500. The van der Waals surface area contributed by atoms with Gasteiger partial charge in [-0.1, -0.05) is 32.0 Å². The van der Waals surface area contributed by atoms with Crippen molar-refractivity contribution in [3.63, 3.8) is 0 Å². The molecule has 2 atom stereocenters. The molecule has 2 aliphatic carbocycles. The normalized spacial score (nSPS) is 26.5. The van der Waals surface area contributed by atoms with E-state index in [1.54, 1.807) is 5.56 Å². The van der Waals surface area contributed by atoms with Gasteiger partial charge in [-0.25, -0.2) is 0 Å². The van der Waals surface area contributed by atoms with Crippen molar-refractivity contribution in [2.45, 2.75) is 44.9 Å². The largest absolute Gasteiger partial charge is 0.365 e. The molecular formula is C16H19N3O. The van der Waals surface area contributed by atoms with Crippen molar-refractivity contribution in [1.29, 1.82) is 0 Å². The SMILES string of the molecule is CC1(C)[C@H](c2nc(N)no2)[C@H]1c1cccc2c1CCC2. The smallest absolute Gasteiger partial charge is 0.260 e. The van der Waals surface area contributed by atoms with Crippen LogP contribution in [0.1, 0.15) is 54.7 Å². The van der Waals surface area contributed by atoms with Crippen LogP contribution in [0.25, 0.3) is 0 Å². The van der Waals surface area contributed by atoms with Crippen molar-refractivity contribution in [1.82, 2.24) is 10.1 Å². The second-order valence-electron chi connectivity index (χ2n) is 6.61. The molecule has 0 saturated heterocycles. The quantitative estimate of drug-likeness (QED) is 0.910. The average molecular weight is 269 g/mol. The first-order valence-corrected chi connectivity index (χ1v) is 7.29. The zero-order chi connectivity index (χ0) is 13.9. The number of hydrogen-bond acceptors (Lipinski definition) is 4. The monoisotopic (exact) mass is 269 g/mol. The lowest BCUT2D eigenvalue weighted by Gasteiger charge is -2.09. The molecule has 1 aromatic heterocycles. The maximum atomic E-state index is 5.59. The molecule has 0 amide bonds. The Morgan fingerprint density at radius 2 is 2.10 bits per heavy atom. The van der Waals surface area contributed by atoms with E-state index in [1.165, 1.54) is 30.4 Å². The number of hydrogen-bond donors (Lipinski definition) is 1. The van der Waals surface area contributed by atoms with E-state index < -0.39 is 0 Å². The second-order valence-corrected chi connectivity index (χ2v) is 6.61. The Morgan fingerprint density at radius 1 is 1.25 bits per heavy atom. The average Bonchev–Trinajstić information content (AvgIpc) is 2.83. The summed E-state index contributed by atoms with van der Waals surface area (Å²) in [6, 6.07) is 6.73. The summed E-state index contributed by atoms with van der Waals surface area (Å²) in [4.78, 5) is 4.24. The van der Waals surface area contributed by atoms with Crippen LogP contribution in [-0.2, 0) is 12.8 Å². The van der Waals surface area contributed by atoms with E-state index in [9.17, 15) is 0 Å². The van der Waals surface area contributed by atoms with Gasteiger partial charge in [0.15, 0.2) is 0 Å². The van der Waals surface area contributed by atoms with Crippen LogP contribution in [0.4, 0.5) is 5.95 Å². The summed E-state index contributed by atoms with van der Waals surface area (Å²) in [5.41, 5.74) is 10.3. The molecule has 1 aromatic carbocycles. The molecule has 1 heterocycles. The minimum Gasteiger partial charge on any atom is -0.365 e. The molecule has 0 radical (unpaired) electrons. The van der Waals surface area contributed by atoms with Crippen molar-refractivity contribution in [2.24, 2.45) is 5.41 Å². The van der Waals surface area contributed by atoms with Crippen LogP contribution in [0, 0.1) is 5.41 Å². The van der Waals surface area contributed by atoms with Gasteiger partial charge in [0, 0.05) is 5.92 Å². The fourth-order valence-corrected chi connectivity index (χ4v) is 3.99. The molecule has 2 aromatic rings. The summed E-state index contributed by atoms with van der Waals surface area (Å²) in [6.07, 6.45) is 3.70. The summed E-state index contributed by atoms with van der Waals surface area (Å²) < 4.78 is 5.31. The minimum absolute atomic E-state index is 0.163. The molecule has 2 N–H and O–H groups in total. The van der Waals surface area contributed by atoms with Gasteiger partial charge in [-0.2, -0.15) is 4.98 Å². The van der Waals surface area contributed by atoms with Crippen LogP contribution in [0.2, 0.25) is 0 Å². The van der Waals surface area contributed by atoms with Crippen LogP contribution >= 0.6 is 0 Å². The Bertz CT molecular complexity index is 674.